The van der Waals surface area contributed by atoms with Crippen LogP contribution in [0, 0.1) is 39.5 Å². The summed E-state index contributed by atoms with van der Waals surface area (Å²) in [7, 11) is -3.63. The summed E-state index contributed by atoms with van der Waals surface area (Å²) >= 11 is 0. The molecule has 8 heteroatoms. The van der Waals surface area contributed by atoms with Crippen molar-refractivity contribution in [3.63, 3.8) is 0 Å². The molecule has 2 saturated heterocycles. The molecule has 2 fully saturated rings. The van der Waals surface area contributed by atoms with Gasteiger partial charge < -0.3 is 9.80 Å². The lowest BCUT2D eigenvalue weighted by Crippen LogP contribution is -2.54. The van der Waals surface area contributed by atoms with E-state index in [0.29, 0.717) is 44.2 Å². The first kappa shape index (κ1) is 24.7. The van der Waals surface area contributed by atoms with Crippen LogP contribution in [0.3, 0.4) is 0 Å². The third kappa shape index (κ3) is 4.71. The Bertz CT molecular complexity index is 969. The monoisotopic (exact) mass is 463 g/mol. The SMILES string of the molecule is Cc1cc(C)c(C)c(S(=O)(=O)N2CCN(C(=O)C3CCCN(C(=O)C(C)C)C3)CC2)c1C. The number of rotatable bonds is 4. The molecule has 0 spiro atoms. The number of carbonyl (C=O) groups excluding carboxylic acids is 2. The molecule has 1 aromatic carbocycles. The van der Waals surface area contributed by atoms with Crippen molar-refractivity contribution in [3.05, 3.63) is 28.3 Å². The van der Waals surface area contributed by atoms with E-state index in [1.165, 1.54) is 4.31 Å². The summed E-state index contributed by atoms with van der Waals surface area (Å²) < 4.78 is 28.5. The van der Waals surface area contributed by atoms with E-state index >= 15 is 0 Å². The molecule has 0 N–H and O–H groups in total. The van der Waals surface area contributed by atoms with Gasteiger partial charge in [-0.25, -0.2) is 8.42 Å². The lowest BCUT2D eigenvalue weighted by atomic mass is 9.95. The van der Waals surface area contributed by atoms with E-state index in [1.807, 2.05) is 52.5 Å². The van der Waals surface area contributed by atoms with Crippen LogP contribution in [-0.4, -0.2) is 73.6 Å². The number of piperidine rings is 1. The molecular formula is C24H37N3O4S. The zero-order chi connectivity index (χ0) is 23.8. The Balaban J connectivity index is 1.69. The Morgan fingerprint density at radius 1 is 0.906 bits per heavy atom. The minimum Gasteiger partial charge on any atom is -0.342 e. The van der Waals surface area contributed by atoms with E-state index in [-0.39, 0.29) is 23.7 Å². The van der Waals surface area contributed by atoms with E-state index in [2.05, 4.69) is 0 Å². The minimum atomic E-state index is -3.63. The fourth-order valence-corrected chi connectivity index (χ4v) is 6.85. The van der Waals surface area contributed by atoms with Crippen LogP contribution in [0.4, 0.5) is 0 Å². The topological polar surface area (TPSA) is 78.0 Å². The summed E-state index contributed by atoms with van der Waals surface area (Å²) in [5.41, 5.74) is 3.53. The molecule has 1 atom stereocenters. The number of carbonyl (C=O) groups is 2. The van der Waals surface area contributed by atoms with Crippen molar-refractivity contribution in [2.45, 2.75) is 59.3 Å². The number of aryl methyl sites for hydroxylation is 2. The average molecular weight is 464 g/mol. The number of sulfonamides is 1. The lowest BCUT2D eigenvalue weighted by Gasteiger charge is -2.39. The second-order valence-corrected chi connectivity index (χ2v) is 11.5. The van der Waals surface area contributed by atoms with Crippen molar-refractivity contribution in [1.29, 1.82) is 0 Å². The van der Waals surface area contributed by atoms with Gasteiger partial charge in [-0.05, 0) is 62.8 Å². The molecule has 178 valence electrons. The molecule has 1 aromatic rings. The van der Waals surface area contributed by atoms with Crippen molar-refractivity contribution in [2.24, 2.45) is 11.8 Å². The largest absolute Gasteiger partial charge is 0.342 e. The zero-order valence-electron chi connectivity index (χ0n) is 20.3. The number of nitrogens with zero attached hydrogens (tertiary/aromatic N) is 3. The summed E-state index contributed by atoms with van der Waals surface area (Å²) in [5, 5.41) is 0. The predicted molar refractivity (Wildman–Crippen MR) is 125 cm³/mol. The summed E-state index contributed by atoms with van der Waals surface area (Å²) in [6.07, 6.45) is 1.61. The highest BCUT2D eigenvalue weighted by molar-refractivity contribution is 7.89. The smallest absolute Gasteiger partial charge is 0.243 e. The molecule has 2 heterocycles. The third-order valence-corrected chi connectivity index (χ3v) is 9.19. The van der Waals surface area contributed by atoms with Gasteiger partial charge in [0.1, 0.15) is 0 Å². The van der Waals surface area contributed by atoms with Crippen LogP contribution in [0.1, 0.15) is 48.9 Å². The lowest BCUT2D eigenvalue weighted by molar-refractivity contribution is -0.143. The van der Waals surface area contributed by atoms with Crippen molar-refractivity contribution in [1.82, 2.24) is 14.1 Å². The van der Waals surface area contributed by atoms with Crippen molar-refractivity contribution in [2.75, 3.05) is 39.3 Å². The number of hydrogen-bond acceptors (Lipinski definition) is 4. The van der Waals surface area contributed by atoms with Gasteiger partial charge >= 0.3 is 0 Å². The van der Waals surface area contributed by atoms with Crippen LogP contribution in [0.5, 0.6) is 0 Å². The van der Waals surface area contributed by atoms with Gasteiger partial charge in [0.2, 0.25) is 21.8 Å². The molecule has 1 unspecified atom stereocenters. The van der Waals surface area contributed by atoms with Crippen molar-refractivity contribution < 1.29 is 18.0 Å². The summed E-state index contributed by atoms with van der Waals surface area (Å²) in [6.45, 7) is 13.9. The Kier molecular flexibility index (Phi) is 7.34. The van der Waals surface area contributed by atoms with Crippen LogP contribution in [0.25, 0.3) is 0 Å². The maximum absolute atomic E-state index is 13.5. The Morgan fingerprint density at radius 2 is 1.47 bits per heavy atom. The highest BCUT2D eigenvalue weighted by atomic mass is 32.2. The maximum Gasteiger partial charge on any atom is 0.243 e. The van der Waals surface area contributed by atoms with Crippen LogP contribution in [0.2, 0.25) is 0 Å². The zero-order valence-corrected chi connectivity index (χ0v) is 21.1. The fraction of sp³-hybridized carbons (Fsp3) is 0.667. The third-order valence-electron chi connectivity index (χ3n) is 7.02. The minimum absolute atomic E-state index is 0.0436. The summed E-state index contributed by atoms with van der Waals surface area (Å²) in [4.78, 5) is 29.5. The molecule has 32 heavy (non-hydrogen) atoms. The van der Waals surface area contributed by atoms with Gasteiger partial charge in [0.05, 0.1) is 10.8 Å². The number of likely N-dealkylation sites (tertiary alicyclic amines) is 1. The highest BCUT2D eigenvalue weighted by Crippen LogP contribution is 2.29. The number of amides is 2. The molecule has 0 aliphatic carbocycles. The van der Waals surface area contributed by atoms with E-state index in [4.69, 9.17) is 0 Å². The number of hydrogen-bond donors (Lipinski definition) is 0. The molecule has 0 radical (unpaired) electrons. The normalized spacial score (nSPS) is 20.7. The first-order valence-corrected chi connectivity index (χ1v) is 13.0. The van der Waals surface area contributed by atoms with Crippen LogP contribution in [0.15, 0.2) is 11.0 Å². The van der Waals surface area contributed by atoms with E-state index < -0.39 is 10.0 Å². The molecule has 7 nitrogen and oxygen atoms in total. The Hall–Kier alpha value is -1.93. The molecule has 0 saturated carbocycles. The van der Waals surface area contributed by atoms with Gasteiger partial charge in [-0.15, -0.1) is 0 Å². The van der Waals surface area contributed by atoms with Crippen molar-refractivity contribution >= 4 is 21.8 Å². The van der Waals surface area contributed by atoms with E-state index in [1.54, 1.807) is 4.90 Å². The van der Waals surface area contributed by atoms with Crippen molar-refractivity contribution in [3.8, 4) is 0 Å². The van der Waals surface area contributed by atoms with Gasteiger partial charge in [0.25, 0.3) is 0 Å². The van der Waals surface area contributed by atoms with E-state index in [0.717, 1.165) is 35.1 Å². The van der Waals surface area contributed by atoms with Gasteiger partial charge in [0, 0.05) is 45.2 Å². The second-order valence-electron chi connectivity index (χ2n) is 9.60. The summed E-state index contributed by atoms with van der Waals surface area (Å²) in [5.74, 6) is -0.132. The van der Waals surface area contributed by atoms with Crippen LogP contribution >= 0.6 is 0 Å². The van der Waals surface area contributed by atoms with Crippen LogP contribution < -0.4 is 0 Å². The quantitative estimate of drug-likeness (QED) is 0.688. The second kappa shape index (κ2) is 9.51. The fourth-order valence-electron chi connectivity index (χ4n) is 4.85. The Labute approximate surface area is 192 Å². The molecule has 2 amide bonds. The van der Waals surface area contributed by atoms with Gasteiger partial charge in [-0.2, -0.15) is 4.31 Å². The average Bonchev–Trinajstić information content (AvgIpc) is 2.76. The number of piperazine rings is 1. The van der Waals surface area contributed by atoms with Gasteiger partial charge in [0.15, 0.2) is 0 Å². The molecule has 2 aliphatic heterocycles. The van der Waals surface area contributed by atoms with Crippen LogP contribution in [-0.2, 0) is 19.6 Å². The molecule has 3 rings (SSSR count). The molecular weight excluding hydrogens is 426 g/mol. The maximum atomic E-state index is 13.5. The standard InChI is InChI=1S/C24H37N3O4S/c1-16(2)23(28)26-9-7-8-21(15-26)24(29)25-10-12-27(13-11-25)32(30,31)22-19(5)17(3)14-18(4)20(22)6/h14,16,21H,7-13,15H2,1-6H3. The first-order chi connectivity index (χ1) is 14.9. The molecule has 0 bridgehead atoms. The first-order valence-electron chi connectivity index (χ1n) is 11.6. The van der Waals surface area contributed by atoms with Gasteiger partial charge in [-0.1, -0.05) is 19.9 Å². The predicted octanol–water partition coefficient (Wildman–Crippen LogP) is 2.65. The molecule has 0 aromatic heterocycles. The van der Waals surface area contributed by atoms with Gasteiger partial charge in [-0.3, -0.25) is 9.59 Å². The molecule has 2 aliphatic rings. The summed E-state index contributed by atoms with van der Waals surface area (Å²) in [6, 6.07) is 2.03. The van der Waals surface area contributed by atoms with E-state index in [9.17, 15) is 18.0 Å². The Morgan fingerprint density at radius 3 is 2.00 bits per heavy atom. The highest BCUT2D eigenvalue weighted by Gasteiger charge is 2.36. The number of benzene rings is 1.